The van der Waals surface area contributed by atoms with E-state index >= 15 is 0 Å². The zero-order valence-electron chi connectivity index (χ0n) is 13.5. The van der Waals surface area contributed by atoms with Crippen molar-refractivity contribution in [2.24, 2.45) is 10.9 Å². The van der Waals surface area contributed by atoms with Gasteiger partial charge in [0.2, 0.25) is 0 Å². The second kappa shape index (κ2) is 10.0. The van der Waals surface area contributed by atoms with Crippen LogP contribution < -0.4 is 10.6 Å². The van der Waals surface area contributed by atoms with Gasteiger partial charge in [0.1, 0.15) is 0 Å². The molecule has 0 aromatic rings. The molecule has 0 aromatic carbocycles. The van der Waals surface area contributed by atoms with Gasteiger partial charge in [-0.15, -0.1) is 0 Å². The van der Waals surface area contributed by atoms with Crippen molar-refractivity contribution in [3.63, 3.8) is 0 Å². The monoisotopic (exact) mass is 317 g/mol. The third-order valence-electron chi connectivity index (χ3n) is 4.18. The first kappa shape index (κ1) is 18.3. The largest absolute Gasteiger partial charge is 0.356 e. The summed E-state index contributed by atoms with van der Waals surface area (Å²) in [6.45, 7) is 2.99. The van der Waals surface area contributed by atoms with Gasteiger partial charge in [-0.25, -0.2) is 8.42 Å². The van der Waals surface area contributed by atoms with Crippen molar-refractivity contribution in [2.45, 2.75) is 51.9 Å². The lowest BCUT2D eigenvalue weighted by atomic mass is 9.86. The summed E-state index contributed by atoms with van der Waals surface area (Å²) >= 11 is 0. The normalized spacial score (nSPS) is 17.7. The summed E-state index contributed by atoms with van der Waals surface area (Å²) in [6.07, 6.45) is 9.42. The van der Waals surface area contributed by atoms with E-state index < -0.39 is 9.84 Å². The van der Waals surface area contributed by atoms with Crippen LogP contribution in [0.4, 0.5) is 0 Å². The second-order valence-corrected chi connectivity index (χ2v) is 8.28. The van der Waals surface area contributed by atoms with Crippen LogP contribution in [-0.2, 0) is 9.84 Å². The molecule has 1 saturated carbocycles. The molecular formula is C15H31N3O2S. The Bertz CT molecular complexity index is 401. The number of guanidine groups is 1. The van der Waals surface area contributed by atoms with E-state index in [1.165, 1.54) is 38.5 Å². The average Bonchev–Trinajstić information content (AvgIpc) is 2.50. The van der Waals surface area contributed by atoms with Crippen molar-refractivity contribution < 1.29 is 8.42 Å². The Labute approximate surface area is 129 Å². The van der Waals surface area contributed by atoms with E-state index in [-0.39, 0.29) is 11.5 Å². The van der Waals surface area contributed by atoms with Crippen LogP contribution in [0.15, 0.2) is 4.99 Å². The van der Waals surface area contributed by atoms with E-state index in [0.29, 0.717) is 12.5 Å². The van der Waals surface area contributed by atoms with Crippen LogP contribution in [-0.4, -0.2) is 46.0 Å². The molecule has 0 bridgehead atoms. The molecule has 0 atom stereocenters. The van der Waals surface area contributed by atoms with E-state index in [9.17, 15) is 8.42 Å². The lowest BCUT2D eigenvalue weighted by Gasteiger charge is -2.21. The highest BCUT2D eigenvalue weighted by Crippen LogP contribution is 2.26. The molecule has 0 spiro atoms. The minimum Gasteiger partial charge on any atom is -0.356 e. The summed E-state index contributed by atoms with van der Waals surface area (Å²) in [5, 5.41) is 6.32. The lowest BCUT2D eigenvalue weighted by Crippen LogP contribution is -2.40. The van der Waals surface area contributed by atoms with E-state index in [1.807, 2.05) is 0 Å². The minimum absolute atomic E-state index is 0.159. The fourth-order valence-corrected chi connectivity index (χ4v) is 3.46. The van der Waals surface area contributed by atoms with Gasteiger partial charge in [-0.1, -0.05) is 39.0 Å². The Hall–Kier alpha value is -0.780. The molecule has 0 unspecified atom stereocenters. The van der Waals surface area contributed by atoms with Crippen molar-refractivity contribution in [2.75, 3.05) is 31.6 Å². The van der Waals surface area contributed by atoms with Gasteiger partial charge < -0.3 is 10.6 Å². The van der Waals surface area contributed by atoms with Crippen molar-refractivity contribution in [1.82, 2.24) is 10.6 Å². The van der Waals surface area contributed by atoms with Crippen LogP contribution >= 0.6 is 0 Å². The van der Waals surface area contributed by atoms with E-state index in [1.54, 1.807) is 14.0 Å². The first-order valence-corrected chi connectivity index (χ1v) is 10.0. The molecule has 21 heavy (non-hydrogen) atoms. The summed E-state index contributed by atoms with van der Waals surface area (Å²) in [7, 11) is -1.20. The third-order valence-corrected chi connectivity index (χ3v) is 5.88. The van der Waals surface area contributed by atoms with Crippen LogP contribution in [0.2, 0.25) is 0 Å². The summed E-state index contributed by atoms with van der Waals surface area (Å²) in [6, 6.07) is 0. The van der Waals surface area contributed by atoms with Gasteiger partial charge in [0.15, 0.2) is 15.8 Å². The highest BCUT2D eigenvalue weighted by Gasteiger charge is 2.12. The number of rotatable bonds is 8. The van der Waals surface area contributed by atoms with Crippen molar-refractivity contribution >= 4 is 15.8 Å². The average molecular weight is 317 g/mol. The van der Waals surface area contributed by atoms with Crippen LogP contribution in [0, 0.1) is 5.92 Å². The molecule has 0 heterocycles. The molecular weight excluding hydrogens is 286 g/mol. The molecule has 6 heteroatoms. The Balaban J connectivity index is 2.11. The van der Waals surface area contributed by atoms with Gasteiger partial charge >= 0.3 is 0 Å². The maximum Gasteiger partial charge on any atom is 0.191 e. The molecule has 0 aliphatic heterocycles. The molecule has 0 radical (unpaired) electrons. The van der Waals surface area contributed by atoms with Crippen molar-refractivity contribution in [1.29, 1.82) is 0 Å². The van der Waals surface area contributed by atoms with Crippen molar-refractivity contribution in [3.8, 4) is 0 Å². The number of nitrogens with one attached hydrogen (secondary N) is 2. The lowest BCUT2D eigenvalue weighted by molar-refractivity contribution is 0.332. The SMILES string of the molecule is CCS(=O)(=O)CCNC(=NC)NCCCC1CCCCC1. The molecule has 0 amide bonds. The fourth-order valence-electron chi connectivity index (χ4n) is 2.76. The van der Waals surface area contributed by atoms with Gasteiger partial charge in [-0.05, 0) is 18.8 Å². The topological polar surface area (TPSA) is 70.6 Å². The zero-order chi connectivity index (χ0) is 15.6. The molecule has 2 N–H and O–H groups in total. The highest BCUT2D eigenvalue weighted by atomic mass is 32.2. The van der Waals surface area contributed by atoms with E-state index in [2.05, 4.69) is 15.6 Å². The first-order chi connectivity index (χ1) is 10.1. The fraction of sp³-hybridized carbons (Fsp3) is 0.933. The molecule has 1 fully saturated rings. The number of hydrogen-bond acceptors (Lipinski definition) is 3. The molecule has 5 nitrogen and oxygen atoms in total. The Morgan fingerprint density at radius 3 is 2.43 bits per heavy atom. The zero-order valence-corrected chi connectivity index (χ0v) is 14.3. The van der Waals surface area contributed by atoms with Gasteiger partial charge in [0.05, 0.1) is 5.75 Å². The predicted octanol–water partition coefficient (Wildman–Crippen LogP) is 1.95. The van der Waals surface area contributed by atoms with Crippen molar-refractivity contribution in [3.05, 3.63) is 0 Å². The van der Waals surface area contributed by atoms with Gasteiger partial charge in [-0.2, -0.15) is 0 Å². The quantitative estimate of drug-likeness (QED) is 0.408. The molecule has 124 valence electrons. The third kappa shape index (κ3) is 8.29. The minimum atomic E-state index is -2.91. The highest BCUT2D eigenvalue weighted by molar-refractivity contribution is 7.91. The molecule has 0 aromatic heterocycles. The van der Waals surface area contributed by atoms with Gasteiger partial charge in [0.25, 0.3) is 0 Å². The first-order valence-electron chi connectivity index (χ1n) is 8.22. The van der Waals surface area contributed by atoms with E-state index in [4.69, 9.17) is 0 Å². The summed E-state index contributed by atoms with van der Waals surface area (Å²) < 4.78 is 22.8. The summed E-state index contributed by atoms with van der Waals surface area (Å²) in [5.41, 5.74) is 0. The standard InChI is InChI=1S/C15H31N3O2S/c1-3-21(19,20)13-12-18-15(16-2)17-11-7-10-14-8-5-4-6-9-14/h14H,3-13H2,1-2H3,(H2,16,17,18). The van der Waals surface area contributed by atoms with E-state index in [0.717, 1.165) is 18.9 Å². The van der Waals surface area contributed by atoms with Crippen LogP contribution in [0.25, 0.3) is 0 Å². The number of hydrogen-bond donors (Lipinski definition) is 2. The van der Waals surface area contributed by atoms with Gasteiger partial charge in [-0.3, -0.25) is 4.99 Å². The van der Waals surface area contributed by atoms with Crippen LogP contribution in [0.5, 0.6) is 0 Å². The smallest absolute Gasteiger partial charge is 0.191 e. The molecule has 1 rings (SSSR count). The Kier molecular flexibility index (Phi) is 8.73. The second-order valence-electron chi connectivity index (χ2n) is 5.81. The van der Waals surface area contributed by atoms with Gasteiger partial charge in [0, 0.05) is 25.9 Å². The maximum absolute atomic E-state index is 11.4. The maximum atomic E-state index is 11.4. The van der Waals surface area contributed by atoms with Crippen LogP contribution in [0.3, 0.4) is 0 Å². The Morgan fingerprint density at radius 2 is 1.81 bits per heavy atom. The number of sulfone groups is 1. The predicted molar refractivity (Wildman–Crippen MR) is 89.5 cm³/mol. The Morgan fingerprint density at radius 1 is 1.14 bits per heavy atom. The molecule has 1 aliphatic rings. The summed E-state index contributed by atoms with van der Waals surface area (Å²) in [5.74, 6) is 1.96. The molecule has 1 aliphatic carbocycles. The number of aliphatic imine (C=N–C) groups is 1. The molecule has 0 saturated heterocycles. The summed E-state index contributed by atoms with van der Waals surface area (Å²) in [4.78, 5) is 4.12. The van der Waals surface area contributed by atoms with Crippen LogP contribution in [0.1, 0.15) is 51.9 Å². The number of nitrogens with zero attached hydrogens (tertiary/aromatic N) is 1.